The van der Waals surface area contributed by atoms with E-state index in [9.17, 15) is 5.26 Å². The molecule has 0 saturated heterocycles. The van der Waals surface area contributed by atoms with E-state index >= 15 is 0 Å². The number of aromatic nitrogens is 1. The molecule has 0 saturated carbocycles. The lowest BCUT2D eigenvalue weighted by molar-refractivity contribution is 0.299. The van der Waals surface area contributed by atoms with E-state index in [0.29, 0.717) is 18.3 Å². The molecule has 26 heavy (non-hydrogen) atoms. The summed E-state index contributed by atoms with van der Waals surface area (Å²) in [6.45, 7) is 0.543. The number of thiophene rings is 1. The van der Waals surface area contributed by atoms with Crippen LogP contribution in [0.15, 0.2) is 46.2 Å². The van der Waals surface area contributed by atoms with Gasteiger partial charge in [0.25, 0.3) is 0 Å². The van der Waals surface area contributed by atoms with E-state index in [4.69, 9.17) is 9.15 Å². The number of methoxy groups -OCH3 is 1. The SMILES string of the molecule is COc1ccccc1C(CNc1oc(-c2cccs2)nc1C#N)N(C)C. The van der Waals surface area contributed by atoms with Crippen LogP contribution in [-0.2, 0) is 0 Å². The molecule has 1 unspecified atom stereocenters. The standard InChI is InChI=1S/C19H20N4O2S/c1-23(2)15(13-7-4-5-8-16(13)24-3)12-21-18-14(11-20)22-19(25-18)17-9-6-10-26-17/h4-10,15,21H,12H2,1-3H3. The molecule has 0 amide bonds. The van der Waals surface area contributed by atoms with Gasteiger partial charge in [0, 0.05) is 12.1 Å². The minimum atomic E-state index is 0.0352. The number of nitrogens with zero attached hydrogens (tertiary/aromatic N) is 3. The molecule has 0 aliphatic heterocycles. The quantitative estimate of drug-likeness (QED) is 0.679. The summed E-state index contributed by atoms with van der Waals surface area (Å²) in [6.07, 6.45) is 0. The van der Waals surface area contributed by atoms with Crippen LogP contribution in [0, 0.1) is 11.3 Å². The van der Waals surface area contributed by atoms with E-state index in [1.807, 2.05) is 55.9 Å². The molecule has 1 atom stereocenters. The van der Waals surface area contributed by atoms with Crippen molar-refractivity contribution in [1.29, 1.82) is 5.26 Å². The van der Waals surface area contributed by atoms with Gasteiger partial charge in [-0.2, -0.15) is 10.2 Å². The molecule has 1 aromatic carbocycles. The van der Waals surface area contributed by atoms with Crippen LogP contribution in [0.1, 0.15) is 17.3 Å². The number of nitriles is 1. The predicted molar refractivity (Wildman–Crippen MR) is 102 cm³/mol. The molecule has 3 aromatic rings. The van der Waals surface area contributed by atoms with Gasteiger partial charge in [-0.1, -0.05) is 24.3 Å². The van der Waals surface area contributed by atoms with Gasteiger partial charge in [0.05, 0.1) is 18.0 Å². The van der Waals surface area contributed by atoms with E-state index in [0.717, 1.165) is 16.2 Å². The summed E-state index contributed by atoms with van der Waals surface area (Å²) in [5.41, 5.74) is 1.31. The van der Waals surface area contributed by atoms with Crippen molar-refractivity contribution in [3.63, 3.8) is 0 Å². The number of nitrogens with one attached hydrogen (secondary N) is 1. The zero-order valence-corrected chi connectivity index (χ0v) is 15.7. The van der Waals surface area contributed by atoms with Crippen molar-refractivity contribution in [2.45, 2.75) is 6.04 Å². The lowest BCUT2D eigenvalue weighted by Gasteiger charge is -2.26. The van der Waals surface area contributed by atoms with Crippen molar-refractivity contribution in [1.82, 2.24) is 9.88 Å². The number of para-hydroxylation sites is 1. The molecule has 7 heteroatoms. The monoisotopic (exact) mass is 368 g/mol. The van der Waals surface area contributed by atoms with Gasteiger partial charge >= 0.3 is 0 Å². The normalized spacial score (nSPS) is 12.0. The first-order valence-electron chi connectivity index (χ1n) is 8.12. The van der Waals surface area contributed by atoms with Crippen molar-refractivity contribution in [3.05, 3.63) is 53.0 Å². The fourth-order valence-electron chi connectivity index (χ4n) is 2.72. The van der Waals surface area contributed by atoms with Gasteiger partial charge in [0.1, 0.15) is 11.8 Å². The van der Waals surface area contributed by atoms with Gasteiger partial charge in [-0.15, -0.1) is 11.3 Å². The first-order valence-corrected chi connectivity index (χ1v) is 9.00. The molecule has 0 aliphatic carbocycles. The third-order valence-electron chi connectivity index (χ3n) is 4.04. The molecule has 2 heterocycles. The van der Waals surface area contributed by atoms with Crippen LogP contribution < -0.4 is 10.1 Å². The van der Waals surface area contributed by atoms with Gasteiger partial charge < -0.3 is 19.4 Å². The molecule has 2 aromatic heterocycles. The Kier molecular flexibility index (Phi) is 5.56. The summed E-state index contributed by atoms with van der Waals surface area (Å²) >= 11 is 1.52. The molecular formula is C19H20N4O2S. The van der Waals surface area contributed by atoms with Crippen LogP contribution in [-0.4, -0.2) is 37.6 Å². The molecule has 134 valence electrons. The predicted octanol–water partition coefficient (Wildman–Crippen LogP) is 4.00. The zero-order chi connectivity index (χ0) is 18.5. The maximum atomic E-state index is 9.36. The highest BCUT2D eigenvalue weighted by molar-refractivity contribution is 7.13. The van der Waals surface area contributed by atoms with Crippen LogP contribution in [0.5, 0.6) is 5.75 Å². The highest BCUT2D eigenvalue weighted by Crippen LogP contribution is 2.31. The second kappa shape index (κ2) is 8.04. The molecule has 3 rings (SSSR count). The smallest absolute Gasteiger partial charge is 0.240 e. The average molecular weight is 368 g/mol. The lowest BCUT2D eigenvalue weighted by atomic mass is 10.0. The lowest BCUT2D eigenvalue weighted by Crippen LogP contribution is -2.27. The summed E-state index contributed by atoms with van der Waals surface area (Å²) in [6, 6.07) is 13.9. The number of oxazole rings is 1. The Morgan fingerprint density at radius 3 is 2.77 bits per heavy atom. The van der Waals surface area contributed by atoms with E-state index in [-0.39, 0.29) is 11.7 Å². The summed E-state index contributed by atoms with van der Waals surface area (Å²) in [4.78, 5) is 7.27. The van der Waals surface area contributed by atoms with Crippen molar-refractivity contribution in [3.8, 4) is 22.6 Å². The van der Waals surface area contributed by atoms with Crippen LogP contribution >= 0.6 is 11.3 Å². The Morgan fingerprint density at radius 1 is 1.31 bits per heavy atom. The van der Waals surface area contributed by atoms with Crippen molar-refractivity contribution < 1.29 is 9.15 Å². The van der Waals surface area contributed by atoms with Gasteiger partial charge in [0.15, 0.2) is 0 Å². The largest absolute Gasteiger partial charge is 0.496 e. The number of anilines is 1. The minimum absolute atomic E-state index is 0.0352. The van der Waals surface area contributed by atoms with Crippen LogP contribution in [0.4, 0.5) is 5.88 Å². The second-order valence-corrected chi connectivity index (χ2v) is 6.84. The number of likely N-dealkylation sites (N-methyl/N-ethyl adjacent to an activating group) is 1. The highest BCUT2D eigenvalue weighted by atomic mass is 32.1. The number of ether oxygens (including phenoxy) is 1. The zero-order valence-electron chi connectivity index (χ0n) is 14.9. The summed E-state index contributed by atoms with van der Waals surface area (Å²) in [5.74, 6) is 1.67. The molecule has 1 N–H and O–H groups in total. The summed E-state index contributed by atoms with van der Waals surface area (Å²) in [5, 5.41) is 14.5. The maximum Gasteiger partial charge on any atom is 0.240 e. The van der Waals surface area contributed by atoms with Gasteiger partial charge in [-0.3, -0.25) is 0 Å². The Bertz CT molecular complexity index is 897. The van der Waals surface area contributed by atoms with Gasteiger partial charge in [-0.05, 0) is 31.6 Å². The molecule has 0 bridgehead atoms. The van der Waals surface area contributed by atoms with Crippen molar-refractivity contribution in [2.75, 3.05) is 33.1 Å². The van der Waals surface area contributed by atoms with Crippen LogP contribution in [0.25, 0.3) is 10.8 Å². The first kappa shape index (κ1) is 18.0. The number of rotatable bonds is 7. The minimum Gasteiger partial charge on any atom is -0.496 e. The van der Waals surface area contributed by atoms with E-state index in [2.05, 4.69) is 21.3 Å². The van der Waals surface area contributed by atoms with Crippen LogP contribution in [0.2, 0.25) is 0 Å². The molecular weight excluding hydrogens is 348 g/mol. The average Bonchev–Trinajstić information content (AvgIpc) is 3.31. The molecule has 0 spiro atoms. The topological polar surface area (TPSA) is 74.3 Å². The Labute approximate surface area is 156 Å². The highest BCUT2D eigenvalue weighted by Gasteiger charge is 2.21. The van der Waals surface area contributed by atoms with E-state index in [1.54, 1.807) is 7.11 Å². The Hall–Kier alpha value is -2.82. The fraction of sp³-hybridized carbons (Fsp3) is 0.263. The fourth-order valence-corrected chi connectivity index (χ4v) is 3.37. The summed E-state index contributed by atoms with van der Waals surface area (Å²) < 4.78 is 11.3. The molecule has 0 radical (unpaired) electrons. The van der Waals surface area contributed by atoms with E-state index in [1.165, 1.54) is 11.3 Å². The molecule has 6 nitrogen and oxygen atoms in total. The van der Waals surface area contributed by atoms with Crippen molar-refractivity contribution in [2.24, 2.45) is 0 Å². The Balaban J connectivity index is 1.83. The van der Waals surface area contributed by atoms with Gasteiger partial charge in [0.2, 0.25) is 17.5 Å². The van der Waals surface area contributed by atoms with Gasteiger partial charge in [-0.25, -0.2) is 0 Å². The van der Waals surface area contributed by atoms with Crippen molar-refractivity contribution >= 4 is 17.2 Å². The third kappa shape index (κ3) is 3.72. The third-order valence-corrected chi connectivity index (χ3v) is 4.90. The first-order chi connectivity index (χ1) is 12.6. The maximum absolute atomic E-state index is 9.36. The molecule has 0 fully saturated rings. The second-order valence-electron chi connectivity index (χ2n) is 5.89. The van der Waals surface area contributed by atoms with Crippen LogP contribution in [0.3, 0.4) is 0 Å². The number of benzene rings is 1. The summed E-state index contributed by atoms with van der Waals surface area (Å²) in [7, 11) is 5.67. The van der Waals surface area contributed by atoms with E-state index < -0.39 is 0 Å². The number of hydrogen-bond acceptors (Lipinski definition) is 7. The molecule has 0 aliphatic rings. The Morgan fingerprint density at radius 2 is 2.12 bits per heavy atom. The number of hydrogen-bond donors (Lipinski definition) is 1.